The highest BCUT2D eigenvalue weighted by molar-refractivity contribution is 5.95. The molecule has 1 aromatic carbocycles. The van der Waals surface area contributed by atoms with Crippen molar-refractivity contribution in [3.05, 3.63) is 47.2 Å². The van der Waals surface area contributed by atoms with E-state index in [-0.39, 0.29) is 6.03 Å². The van der Waals surface area contributed by atoms with Crippen LogP contribution in [0.2, 0.25) is 0 Å². The van der Waals surface area contributed by atoms with E-state index in [0.29, 0.717) is 17.8 Å². The molecule has 2 aliphatic rings. The zero-order chi connectivity index (χ0) is 16.2. The Morgan fingerprint density at radius 1 is 1.26 bits per heavy atom. The van der Waals surface area contributed by atoms with Gasteiger partial charge in [-0.2, -0.15) is 0 Å². The Morgan fingerprint density at radius 3 is 2.61 bits per heavy atom. The molecule has 1 unspecified atom stereocenters. The molecule has 0 radical (unpaired) electrons. The first-order valence-corrected chi connectivity index (χ1v) is 7.85. The second-order valence-electron chi connectivity index (χ2n) is 5.81. The SMILES string of the molecule is COC(=O)C1=C(CN2CCCC2)NC(=O)NC1c1ccccc1. The lowest BCUT2D eigenvalue weighted by Gasteiger charge is -2.30. The van der Waals surface area contributed by atoms with Crippen LogP contribution in [0, 0.1) is 0 Å². The van der Waals surface area contributed by atoms with Gasteiger partial charge in [0.25, 0.3) is 0 Å². The maximum Gasteiger partial charge on any atom is 0.338 e. The molecule has 1 saturated heterocycles. The smallest absolute Gasteiger partial charge is 0.338 e. The number of benzene rings is 1. The molecule has 122 valence electrons. The molecule has 23 heavy (non-hydrogen) atoms. The number of urea groups is 1. The number of likely N-dealkylation sites (tertiary alicyclic amines) is 1. The zero-order valence-electron chi connectivity index (χ0n) is 13.2. The molecule has 2 N–H and O–H groups in total. The Morgan fingerprint density at radius 2 is 1.96 bits per heavy atom. The molecule has 1 atom stereocenters. The van der Waals surface area contributed by atoms with Crippen molar-refractivity contribution < 1.29 is 14.3 Å². The minimum Gasteiger partial charge on any atom is -0.466 e. The summed E-state index contributed by atoms with van der Waals surface area (Å²) in [5.74, 6) is -0.416. The lowest BCUT2D eigenvalue weighted by molar-refractivity contribution is -0.136. The van der Waals surface area contributed by atoms with Crippen LogP contribution in [-0.2, 0) is 9.53 Å². The molecule has 6 nitrogen and oxygen atoms in total. The number of nitrogens with one attached hydrogen (secondary N) is 2. The summed E-state index contributed by atoms with van der Waals surface area (Å²) in [6.45, 7) is 2.52. The van der Waals surface area contributed by atoms with Gasteiger partial charge in [-0.15, -0.1) is 0 Å². The number of methoxy groups -OCH3 is 1. The Labute approximate surface area is 135 Å². The van der Waals surface area contributed by atoms with Gasteiger partial charge in [-0.05, 0) is 31.5 Å². The van der Waals surface area contributed by atoms with Gasteiger partial charge in [0.2, 0.25) is 0 Å². The van der Waals surface area contributed by atoms with Crippen molar-refractivity contribution in [1.82, 2.24) is 15.5 Å². The largest absolute Gasteiger partial charge is 0.466 e. The number of rotatable bonds is 4. The fourth-order valence-corrected chi connectivity index (χ4v) is 3.15. The van der Waals surface area contributed by atoms with E-state index in [1.807, 2.05) is 30.3 Å². The molecule has 2 aliphatic heterocycles. The standard InChI is InChI=1S/C17H21N3O3/c1-23-16(21)14-13(11-20-9-5-6-10-20)18-17(22)19-15(14)12-7-3-2-4-8-12/h2-4,7-8,15H,5-6,9-11H2,1H3,(H2,18,19,22). The van der Waals surface area contributed by atoms with Crippen LogP contribution >= 0.6 is 0 Å². The third kappa shape index (κ3) is 3.37. The van der Waals surface area contributed by atoms with Crippen LogP contribution in [0.25, 0.3) is 0 Å². The first kappa shape index (κ1) is 15.6. The molecule has 2 amide bonds. The van der Waals surface area contributed by atoms with E-state index >= 15 is 0 Å². The Balaban J connectivity index is 1.98. The van der Waals surface area contributed by atoms with E-state index in [0.717, 1.165) is 31.5 Å². The van der Waals surface area contributed by atoms with Crippen LogP contribution in [0.1, 0.15) is 24.4 Å². The van der Waals surface area contributed by atoms with Gasteiger partial charge in [0, 0.05) is 12.2 Å². The van der Waals surface area contributed by atoms with E-state index in [9.17, 15) is 9.59 Å². The van der Waals surface area contributed by atoms with Crippen molar-refractivity contribution in [3.8, 4) is 0 Å². The van der Waals surface area contributed by atoms with E-state index in [1.165, 1.54) is 7.11 Å². The number of ether oxygens (including phenoxy) is 1. The van der Waals surface area contributed by atoms with Gasteiger partial charge in [-0.3, -0.25) is 4.90 Å². The minimum absolute atomic E-state index is 0.291. The van der Waals surface area contributed by atoms with Crippen LogP contribution in [0.4, 0.5) is 4.79 Å². The molecule has 1 fully saturated rings. The summed E-state index contributed by atoms with van der Waals surface area (Å²) in [5, 5.41) is 5.62. The second-order valence-corrected chi connectivity index (χ2v) is 5.81. The van der Waals surface area contributed by atoms with Gasteiger partial charge < -0.3 is 15.4 Å². The molecule has 3 rings (SSSR count). The third-order valence-corrected chi connectivity index (χ3v) is 4.27. The van der Waals surface area contributed by atoms with Gasteiger partial charge >= 0.3 is 12.0 Å². The molecular weight excluding hydrogens is 294 g/mol. The molecule has 0 saturated carbocycles. The van der Waals surface area contributed by atoms with Crippen LogP contribution in [0.5, 0.6) is 0 Å². The fourth-order valence-electron chi connectivity index (χ4n) is 3.15. The lowest BCUT2D eigenvalue weighted by atomic mass is 9.95. The molecule has 2 heterocycles. The lowest BCUT2D eigenvalue weighted by Crippen LogP contribution is -2.48. The minimum atomic E-state index is -0.491. The molecule has 0 bridgehead atoms. The third-order valence-electron chi connectivity index (χ3n) is 4.27. The second kappa shape index (κ2) is 6.83. The number of hydrogen-bond acceptors (Lipinski definition) is 4. The molecule has 1 aromatic rings. The summed E-state index contributed by atoms with van der Waals surface area (Å²) >= 11 is 0. The number of hydrogen-bond donors (Lipinski definition) is 2. The normalized spacial score (nSPS) is 21.8. The van der Waals surface area contributed by atoms with E-state index in [2.05, 4.69) is 15.5 Å². The van der Waals surface area contributed by atoms with Crippen LogP contribution in [-0.4, -0.2) is 43.6 Å². The Bertz CT molecular complexity index is 621. The van der Waals surface area contributed by atoms with Crippen molar-refractivity contribution in [3.63, 3.8) is 0 Å². The summed E-state index contributed by atoms with van der Waals surface area (Å²) in [6, 6.07) is 8.69. The van der Waals surface area contributed by atoms with Crippen molar-refractivity contribution in [2.45, 2.75) is 18.9 Å². The zero-order valence-corrected chi connectivity index (χ0v) is 13.2. The van der Waals surface area contributed by atoms with Crippen LogP contribution in [0.3, 0.4) is 0 Å². The van der Waals surface area contributed by atoms with Crippen molar-refractivity contribution in [2.75, 3.05) is 26.7 Å². The van der Waals surface area contributed by atoms with Crippen molar-refractivity contribution >= 4 is 12.0 Å². The number of amides is 2. The Kier molecular flexibility index (Phi) is 4.62. The number of carbonyl (C=O) groups is 2. The van der Waals surface area contributed by atoms with E-state index < -0.39 is 12.0 Å². The summed E-state index contributed by atoms with van der Waals surface area (Å²) in [4.78, 5) is 26.7. The predicted molar refractivity (Wildman–Crippen MR) is 85.6 cm³/mol. The highest BCUT2D eigenvalue weighted by Gasteiger charge is 2.34. The highest BCUT2D eigenvalue weighted by atomic mass is 16.5. The number of nitrogens with zero attached hydrogens (tertiary/aromatic N) is 1. The van der Waals surface area contributed by atoms with Crippen LogP contribution in [0.15, 0.2) is 41.6 Å². The number of esters is 1. The molecular formula is C17H21N3O3. The van der Waals surface area contributed by atoms with Gasteiger partial charge in [0.15, 0.2) is 0 Å². The predicted octanol–water partition coefficient (Wildman–Crippen LogP) is 1.56. The summed E-state index contributed by atoms with van der Waals surface area (Å²) in [6.07, 6.45) is 2.30. The first-order valence-electron chi connectivity index (χ1n) is 7.85. The number of carbonyl (C=O) groups excluding carboxylic acids is 2. The van der Waals surface area contributed by atoms with Gasteiger partial charge in [-0.25, -0.2) is 9.59 Å². The molecule has 0 aliphatic carbocycles. The van der Waals surface area contributed by atoms with Gasteiger partial charge in [0.05, 0.1) is 18.7 Å². The highest BCUT2D eigenvalue weighted by Crippen LogP contribution is 2.28. The fraction of sp³-hybridized carbons (Fsp3) is 0.412. The summed E-state index contributed by atoms with van der Waals surface area (Å²) < 4.78 is 4.96. The van der Waals surface area contributed by atoms with Crippen molar-refractivity contribution in [2.24, 2.45) is 0 Å². The average Bonchev–Trinajstić information content (AvgIpc) is 3.07. The monoisotopic (exact) mass is 315 g/mol. The average molecular weight is 315 g/mol. The van der Waals surface area contributed by atoms with Gasteiger partial charge in [-0.1, -0.05) is 30.3 Å². The maximum atomic E-state index is 12.4. The summed E-state index contributed by atoms with van der Waals surface area (Å²) in [5.41, 5.74) is 1.98. The molecule has 6 heteroatoms. The summed E-state index contributed by atoms with van der Waals surface area (Å²) in [7, 11) is 1.36. The molecule has 0 aromatic heterocycles. The van der Waals surface area contributed by atoms with Crippen LogP contribution < -0.4 is 10.6 Å². The van der Waals surface area contributed by atoms with E-state index in [4.69, 9.17) is 4.74 Å². The quantitative estimate of drug-likeness (QED) is 0.827. The van der Waals surface area contributed by atoms with Crippen molar-refractivity contribution in [1.29, 1.82) is 0 Å². The Hall–Kier alpha value is -2.34. The maximum absolute atomic E-state index is 12.4. The topological polar surface area (TPSA) is 70.7 Å². The van der Waals surface area contributed by atoms with Gasteiger partial charge in [0.1, 0.15) is 0 Å². The molecule has 0 spiro atoms. The first-order chi connectivity index (χ1) is 11.2. The van der Waals surface area contributed by atoms with E-state index in [1.54, 1.807) is 0 Å².